The number of hydrogen-bond acceptors (Lipinski definition) is 4. The van der Waals surface area contributed by atoms with Gasteiger partial charge in [-0.25, -0.2) is 4.79 Å². The van der Waals surface area contributed by atoms with Crippen LogP contribution in [-0.2, 0) is 14.3 Å². The average Bonchev–Trinajstić information content (AvgIpc) is 2.78. The molecule has 0 bridgehead atoms. The number of allylic oxidation sites excluding steroid dienone is 1. The minimum Gasteiger partial charge on any atom is -0.467 e. The summed E-state index contributed by atoms with van der Waals surface area (Å²) in [5.41, 5.74) is 8.59. The Balaban J connectivity index is 0.000000563. The minimum absolute atomic E-state index is 0.0470. The summed E-state index contributed by atoms with van der Waals surface area (Å²) in [6, 6.07) is 17.7. The number of aryl methyl sites for hydroxylation is 1. The number of esters is 1. The number of rotatable bonds is 5. The van der Waals surface area contributed by atoms with Crippen molar-refractivity contribution in [3.63, 3.8) is 0 Å². The number of carbonyl (C=O) groups is 2. The largest absolute Gasteiger partial charge is 0.467 e. The lowest BCUT2D eigenvalue weighted by Crippen LogP contribution is -2.42. The van der Waals surface area contributed by atoms with E-state index >= 15 is 0 Å². The van der Waals surface area contributed by atoms with Crippen LogP contribution in [0.1, 0.15) is 30.5 Å². The topological polar surface area (TPSA) is 81.4 Å². The van der Waals surface area contributed by atoms with E-state index in [1.54, 1.807) is 0 Å². The van der Waals surface area contributed by atoms with Crippen LogP contribution in [0.2, 0.25) is 0 Å². The van der Waals surface area contributed by atoms with Crippen molar-refractivity contribution in [3.05, 3.63) is 77.4 Å². The summed E-state index contributed by atoms with van der Waals surface area (Å²) in [5.74, 6) is 5.61. The molecule has 5 nitrogen and oxygen atoms in total. The summed E-state index contributed by atoms with van der Waals surface area (Å²) < 4.78 is 4.32. The first kappa shape index (κ1) is 25.6. The number of carbonyl (C=O) groups excluding carboxylic acids is 2. The highest BCUT2D eigenvalue weighted by Gasteiger charge is 2.14. The van der Waals surface area contributed by atoms with Crippen molar-refractivity contribution in [2.75, 3.05) is 13.7 Å². The lowest BCUT2D eigenvalue weighted by molar-refractivity contribution is -0.143. The fourth-order valence-corrected chi connectivity index (χ4v) is 1.92. The number of methoxy groups -OCH3 is 1. The fourth-order valence-electron chi connectivity index (χ4n) is 1.92. The molecule has 0 aliphatic heterocycles. The van der Waals surface area contributed by atoms with E-state index in [4.69, 9.17) is 5.73 Å². The predicted octanol–water partition coefficient (Wildman–Crippen LogP) is 3.32. The molecule has 2 aromatic rings. The highest BCUT2D eigenvalue weighted by atomic mass is 16.5. The molecular weight excluding hydrogens is 364 g/mol. The van der Waals surface area contributed by atoms with Gasteiger partial charge in [0.1, 0.15) is 6.04 Å². The molecule has 0 heterocycles. The van der Waals surface area contributed by atoms with Crippen molar-refractivity contribution in [2.24, 2.45) is 5.73 Å². The molecule has 0 saturated carbocycles. The standard InChI is InChI=1S/C17H14.C5H10N2O3.C2H6/c1-15-11-13-17(14-12-15)10-6-5-9-16-7-3-2-4-8-16;1-10-5(9)4(2-6)7-3-8;1-2/h2-5,7-9,11-14H,1H3;3-4H,2,6H2,1H3,(H,7,8);1-2H3/b9-5+;;. The Morgan fingerprint density at radius 3 is 2.28 bits per heavy atom. The molecule has 3 N–H and O–H groups in total. The van der Waals surface area contributed by atoms with E-state index in [0.29, 0.717) is 6.41 Å². The first-order valence-corrected chi connectivity index (χ1v) is 9.38. The van der Waals surface area contributed by atoms with Gasteiger partial charge in [0, 0.05) is 12.1 Å². The van der Waals surface area contributed by atoms with Gasteiger partial charge in [-0.3, -0.25) is 4.79 Å². The van der Waals surface area contributed by atoms with Crippen LogP contribution in [0.3, 0.4) is 0 Å². The molecule has 29 heavy (non-hydrogen) atoms. The van der Waals surface area contributed by atoms with Crippen molar-refractivity contribution < 1.29 is 14.3 Å². The molecule has 5 heteroatoms. The van der Waals surface area contributed by atoms with Crippen LogP contribution in [0.25, 0.3) is 6.08 Å². The molecule has 1 unspecified atom stereocenters. The molecule has 0 radical (unpaired) electrons. The third kappa shape index (κ3) is 11.9. The molecule has 1 amide bonds. The van der Waals surface area contributed by atoms with Gasteiger partial charge in [0.15, 0.2) is 0 Å². The number of nitrogens with two attached hydrogens (primary N) is 1. The van der Waals surface area contributed by atoms with Gasteiger partial charge in [-0.05, 0) is 36.8 Å². The second-order valence-corrected chi connectivity index (χ2v) is 5.48. The van der Waals surface area contributed by atoms with Crippen LogP contribution in [0.5, 0.6) is 0 Å². The molecule has 0 aromatic heterocycles. The lowest BCUT2D eigenvalue weighted by atomic mass is 10.1. The summed E-state index contributed by atoms with van der Waals surface area (Å²) in [6.07, 6.45) is 4.31. The van der Waals surface area contributed by atoms with E-state index < -0.39 is 12.0 Å². The van der Waals surface area contributed by atoms with Gasteiger partial charge in [0.25, 0.3) is 0 Å². The van der Waals surface area contributed by atoms with Gasteiger partial charge in [0.2, 0.25) is 6.41 Å². The predicted molar refractivity (Wildman–Crippen MR) is 119 cm³/mol. The molecule has 2 aromatic carbocycles. The summed E-state index contributed by atoms with van der Waals surface area (Å²) in [4.78, 5) is 20.4. The van der Waals surface area contributed by atoms with Crippen LogP contribution in [0, 0.1) is 18.8 Å². The maximum atomic E-state index is 10.6. The molecular formula is C24H30N2O3. The van der Waals surface area contributed by atoms with Gasteiger partial charge >= 0.3 is 5.97 Å². The number of nitrogens with one attached hydrogen (secondary N) is 1. The second-order valence-electron chi connectivity index (χ2n) is 5.48. The number of hydrogen-bond donors (Lipinski definition) is 2. The van der Waals surface area contributed by atoms with Gasteiger partial charge in [-0.15, -0.1) is 0 Å². The molecule has 0 fully saturated rings. The average molecular weight is 395 g/mol. The summed E-state index contributed by atoms with van der Waals surface area (Å²) in [6.45, 7) is 6.12. The Morgan fingerprint density at radius 2 is 1.76 bits per heavy atom. The van der Waals surface area contributed by atoms with E-state index in [2.05, 4.69) is 53.1 Å². The third-order valence-electron chi connectivity index (χ3n) is 3.42. The minimum atomic E-state index is -0.720. The molecule has 0 aliphatic carbocycles. The summed E-state index contributed by atoms with van der Waals surface area (Å²) in [5, 5.41) is 2.20. The number of ether oxygens (including phenoxy) is 1. The fraction of sp³-hybridized carbons (Fsp3) is 0.250. The maximum Gasteiger partial charge on any atom is 0.329 e. The molecule has 1 atom stereocenters. The van der Waals surface area contributed by atoms with E-state index in [1.807, 2.05) is 56.3 Å². The molecule has 2 rings (SSSR count). The van der Waals surface area contributed by atoms with Crippen molar-refractivity contribution in [1.82, 2.24) is 5.32 Å². The normalized spacial score (nSPS) is 10.1. The van der Waals surface area contributed by atoms with E-state index in [0.717, 1.165) is 5.56 Å². The Hall–Kier alpha value is -3.36. The Labute approximate surface area is 174 Å². The Kier molecular flexibility index (Phi) is 14.8. The van der Waals surface area contributed by atoms with E-state index in [1.165, 1.54) is 18.2 Å². The third-order valence-corrected chi connectivity index (χ3v) is 3.42. The maximum absolute atomic E-state index is 10.6. The Bertz CT molecular complexity index is 788. The summed E-state index contributed by atoms with van der Waals surface area (Å²) >= 11 is 0. The van der Waals surface area contributed by atoms with E-state index in [-0.39, 0.29) is 6.54 Å². The zero-order chi connectivity index (χ0) is 21.9. The first-order valence-electron chi connectivity index (χ1n) is 9.38. The molecule has 0 aliphatic rings. The highest BCUT2D eigenvalue weighted by molar-refractivity contribution is 5.78. The van der Waals surface area contributed by atoms with Gasteiger partial charge in [-0.1, -0.05) is 73.7 Å². The SMILES string of the molecule is CC.COC(=O)C(CN)NC=O.Cc1ccc(C#C/C=C/c2ccccc2)cc1. The molecule has 0 saturated heterocycles. The quantitative estimate of drug-likeness (QED) is 0.463. The zero-order valence-corrected chi connectivity index (χ0v) is 17.5. The van der Waals surface area contributed by atoms with Crippen molar-refractivity contribution >= 4 is 18.5 Å². The van der Waals surface area contributed by atoms with Crippen molar-refractivity contribution in [2.45, 2.75) is 26.8 Å². The molecule has 154 valence electrons. The summed E-state index contributed by atoms with van der Waals surface area (Å²) in [7, 11) is 1.23. The van der Waals surface area contributed by atoms with Crippen molar-refractivity contribution in [1.29, 1.82) is 0 Å². The van der Waals surface area contributed by atoms with Gasteiger partial charge in [0.05, 0.1) is 7.11 Å². The van der Waals surface area contributed by atoms with Crippen molar-refractivity contribution in [3.8, 4) is 11.8 Å². The molecule has 0 spiro atoms. The second kappa shape index (κ2) is 16.8. The number of benzene rings is 2. The van der Waals surface area contributed by atoms with Crippen LogP contribution < -0.4 is 11.1 Å². The first-order chi connectivity index (χ1) is 14.1. The monoisotopic (exact) mass is 394 g/mol. The van der Waals surface area contributed by atoms with Crippen LogP contribution in [0.15, 0.2) is 60.7 Å². The van der Waals surface area contributed by atoms with Gasteiger partial charge in [-0.2, -0.15) is 0 Å². The van der Waals surface area contributed by atoms with E-state index in [9.17, 15) is 9.59 Å². The van der Waals surface area contributed by atoms with Gasteiger partial charge < -0.3 is 15.8 Å². The van der Waals surface area contributed by atoms with Crippen LogP contribution >= 0.6 is 0 Å². The highest BCUT2D eigenvalue weighted by Crippen LogP contribution is 2.02. The zero-order valence-electron chi connectivity index (χ0n) is 17.5. The van der Waals surface area contributed by atoms with Crippen LogP contribution in [-0.4, -0.2) is 32.1 Å². The van der Waals surface area contributed by atoms with Crippen LogP contribution in [0.4, 0.5) is 0 Å². The lowest BCUT2D eigenvalue weighted by Gasteiger charge is -2.09. The Morgan fingerprint density at radius 1 is 1.14 bits per heavy atom. The smallest absolute Gasteiger partial charge is 0.329 e. The number of amides is 1.